The van der Waals surface area contributed by atoms with Crippen LogP contribution < -0.4 is 11.1 Å². The Balaban J connectivity index is 0.00000441. The van der Waals surface area contributed by atoms with Gasteiger partial charge in [0.2, 0.25) is 0 Å². The summed E-state index contributed by atoms with van der Waals surface area (Å²) in [5.41, 5.74) is 5.92. The second-order valence-corrected chi connectivity index (χ2v) is 7.16. The van der Waals surface area contributed by atoms with Gasteiger partial charge in [-0.15, -0.1) is 35.3 Å². The first-order chi connectivity index (χ1) is 10.0. The number of nitrogens with one attached hydrogen (secondary N) is 1. The third-order valence-corrected chi connectivity index (χ3v) is 4.57. The molecule has 0 amide bonds. The summed E-state index contributed by atoms with van der Waals surface area (Å²) in [5.74, 6) is 1.33. The molecule has 0 saturated carbocycles. The van der Waals surface area contributed by atoms with Gasteiger partial charge in [0.15, 0.2) is 5.96 Å². The average Bonchev–Trinajstić information content (AvgIpc) is 2.86. The number of halogens is 1. The lowest BCUT2D eigenvalue weighted by Crippen LogP contribution is -2.38. The molecule has 4 nitrogen and oxygen atoms in total. The van der Waals surface area contributed by atoms with Gasteiger partial charge in [-0.3, -0.25) is 4.99 Å². The molecule has 0 aliphatic rings. The summed E-state index contributed by atoms with van der Waals surface area (Å²) in [4.78, 5) is 10.1. The SMILES string of the molecule is CCc1cnc(CCN=C(N)NC(C)CCCC(C)C)s1.I. The standard InChI is InChI=1S/C16H30N4S.HI/c1-5-14-11-19-15(21-14)9-10-18-16(17)20-13(4)8-6-7-12(2)3;/h11-13H,5-10H2,1-4H3,(H3,17,18,20);1H. The monoisotopic (exact) mass is 438 g/mol. The molecule has 3 N–H and O–H groups in total. The number of hydrogen-bond acceptors (Lipinski definition) is 3. The topological polar surface area (TPSA) is 63.3 Å². The molecule has 22 heavy (non-hydrogen) atoms. The second kappa shape index (κ2) is 12.1. The highest BCUT2D eigenvalue weighted by Gasteiger charge is 2.04. The molecule has 0 saturated heterocycles. The molecule has 6 heteroatoms. The third-order valence-electron chi connectivity index (χ3n) is 3.37. The first-order valence-corrected chi connectivity index (χ1v) is 8.83. The van der Waals surface area contributed by atoms with E-state index in [1.807, 2.05) is 6.20 Å². The van der Waals surface area contributed by atoms with Crippen LogP contribution in [-0.2, 0) is 12.8 Å². The highest BCUT2D eigenvalue weighted by atomic mass is 127. The van der Waals surface area contributed by atoms with Gasteiger partial charge in [-0.25, -0.2) is 4.98 Å². The Morgan fingerprint density at radius 3 is 2.68 bits per heavy atom. The number of nitrogens with zero attached hydrogens (tertiary/aromatic N) is 2. The molecule has 0 bridgehead atoms. The van der Waals surface area contributed by atoms with E-state index < -0.39 is 0 Å². The highest BCUT2D eigenvalue weighted by Crippen LogP contribution is 2.13. The fourth-order valence-corrected chi connectivity index (χ4v) is 2.95. The van der Waals surface area contributed by atoms with E-state index in [0.29, 0.717) is 18.5 Å². The Morgan fingerprint density at radius 2 is 2.09 bits per heavy atom. The predicted molar refractivity (Wildman–Crippen MR) is 108 cm³/mol. The molecule has 128 valence electrons. The normalized spacial score (nSPS) is 13.0. The smallest absolute Gasteiger partial charge is 0.188 e. The number of aromatic nitrogens is 1. The van der Waals surface area contributed by atoms with E-state index in [1.54, 1.807) is 11.3 Å². The van der Waals surface area contributed by atoms with Crippen LogP contribution in [0.5, 0.6) is 0 Å². The van der Waals surface area contributed by atoms with Gasteiger partial charge in [-0.2, -0.15) is 0 Å². The molecule has 0 aliphatic carbocycles. The lowest BCUT2D eigenvalue weighted by molar-refractivity contribution is 0.493. The van der Waals surface area contributed by atoms with Crippen molar-refractivity contribution in [3.05, 3.63) is 16.1 Å². The molecule has 1 aromatic rings. The van der Waals surface area contributed by atoms with Gasteiger partial charge in [0.25, 0.3) is 0 Å². The van der Waals surface area contributed by atoms with Crippen molar-refractivity contribution < 1.29 is 0 Å². The predicted octanol–water partition coefficient (Wildman–Crippen LogP) is 3.99. The van der Waals surface area contributed by atoms with Crippen molar-refractivity contribution >= 4 is 41.3 Å². The van der Waals surface area contributed by atoms with Crippen LogP contribution in [0.2, 0.25) is 0 Å². The van der Waals surface area contributed by atoms with E-state index in [-0.39, 0.29) is 24.0 Å². The summed E-state index contributed by atoms with van der Waals surface area (Å²) >= 11 is 1.77. The van der Waals surface area contributed by atoms with E-state index in [2.05, 4.69) is 43.0 Å². The van der Waals surface area contributed by atoms with Crippen LogP contribution in [0.4, 0.5) is 0 Å². The lowest BCUT2D eigenvalue weighted by Gasteiger charge is -2.14. The molecular weight excluding hydrogens is 407 g/mol. The third kappa shape index (κ3) is 9.61. The van der Waals surface area contributed by atoms with Crippen LogP contribution in [0, 0.1) is 5.92 Å². The Hall–Kier alpha value is -0.370. The Morgan fingerprint density at radius 1 is 1.36 bits per heavy atom. The van der Waals surface area contributed by atoms with Crippen molar-refractivity contribution in [2.24, 2.45) is 16.6 Å². The number of guanidine groups is 1. The first kappa shape index (κ1) is 21.6. The molecule has 1 rings (SSSR count). The first-order valence-electron chi connectivity index (χ1n) is 8.01. The van der Waals surface area contributed by atoms with Crippen LogP contribution in [0.3, 0.4) is 0 Å². The van der Waals surface area contributed by atoms with Gasteiger partial charge in [0.05, 0.1) is 5.01 Å². The van der Waals surface area contributed by atoms with Crippen molar-refractivity contribution in [3.63, 3.8) is 0 Å². The average molecular weight is 438 g/mol. The van der Waals surface area contributed by atoms with Gasteiger partial charge < -0.3 is 11.1 Å². The van der Waals surface area contributed by atoms with Crippen molar-refractivity contribution in [1.29, 1.82) is 0 Å². The molecule has 1 aromatic heterocycles. The Bertz CT molecular complexity index is 432. The van der Waals surface area contributed by atoms with Gasteiger partial charge >= 0.3 is 0 Å². The molecule has 0 fully saturated rings. The molecule has 0 aliphatic heterocycles. The van der Waals surface area contributed by atoms with Gasteiger partial charge in [-0.05, 0) is 25.7 Å². The molecule has 0 spiro atoms. The minimum atomic E-state index is 0. The van der Waals surface area contributed by atoms with E-state index in [1.165, 1.54) is 17.7 Å². The summed E-state index contributed by atoms with van der Waals surface area (Å²) in [5, 5.41) is 4.41. The maximum absolute atomic E-state index is 5.92. The zero-order valence-corrected chi connectivity index (χ0v) is 17.4. The molecule has 1 atom stereocenters. The van der Waals surface area contributed by atoms with Crippen molar-refractivity contribution in [2.45, 2.75) is 65.8 Å². The molecule has 1 heterocycles. The summed E-state index contributed by atoms with van der Waals surface area (Å²) < 4.78 is 0. The van der Waals surface area contributed by atoms with E-state index in [4.69, 9.17) is 5.73 Å². The summed E-state index contributed by atoms with van der Waals surface area (Å²) in [6, 6.07) is 0.388. The molecule has 0 radical (unpaired) electrons. The second-order valence-electron chi connectivity index (χ2n) is 5.96. The van der Waals surface area contributed by atoms with Gasteiger partial charge in [0, 0.05) is 30.1 Å². The number of hydrogen-bond donors (Lipinski definition) is 2. The Labute approximate surface area is 156 Å². The number of rotatable bonds is 9. The van der Waals surface area contributed by atoms with Crippen molar-refractivity contribution in [2.75, 3.05) is 6.54 Å². The Kier molecular flexibility index (Phi) is 11.9. The lowest BCUT2D eigenvalue weighted by atomic mass is 10.0. The quantitative estimate of drug-likeness (QED) is 0.348. The van der Waals surface area contributed by atoms with E-state index >= 15 is 0 Å². The highest BCUT2D eigenvalue weighted by molar-refractivity contribution is 14.0. The molecular formula is C16H31IN4S. The molecule has 1 unspecified atom stereocenters. The fourth-order valence-electron chi connectivity index (χ4n) is 2.10. The number of thiazole rings is 1. The minimum Gasteiger partial charge on any atom is -0.370 e. The van der Waals surface area contributed by atoms with E-state index in [0.717, 1.165) is 30.2 Å². The van der Waals surface area contributed by atoms with Crippen LogP contribution in [0.1, 0.15) is 56.8 Å². The van der Waals surface area contributed by atoms with Crippen LogP contribution in [0.15, 0.2) is 11.2 Å². The largest absolute Gasteiger partial charge is 0.370 e. The maximum atomic E-state index is 5.92. The van der Waals surface area contributed by atoms with Crippen LogP contribution >= 0.6 is 35.3 Å². The van der Waals surface area contributed by atoms with Gasteiger partial charge in [0.1, 0.15) is 0 Å². The van der Waals surface area contributed by atoms with Crippen molar-refractivity contribution in [3.8, 4) is 0 Å². The zero-order valence-electron chi connectivity index (χ0n) is 14.3. The number of aliphatic imine (C=N–C) groups is 1. The van der Waals surface area contributed by atoms with E-state index in [9.17, 15) is 0 Å². The summed E-state index contributed by atoms with van der Waals surface area (Å²) in [7, 11) is 0. The van der Waals surface area contributed by atoms with Crippen LogP contribution in [0.25, 0.3) is 0 Å². The van der Waals surface area contributed by atoms with Crippen LogP contribution in [-0.4, -0.2) is 23.5 Å². The van der Waals surface area contributed by atoms with Crippen molar-refractivity contribution in [1.82, 2.24) is 10.3 Å². The zero-order chi connectivity index (χ0) is 15.7. The number of nitrogens with two attached hydrogens (primary N) is 1. The summed E-state index contributed by atoms with van der Waals surface area (Å²) in [6.45, 7) is 9.54. The number of aryl methyl sites for hydroxylation is 1. The minimum absolute atomic E-state index is 0. The van der Waals surface area contributed by atoms with Gasteiger partial charge in [-0.1, -0.05) is 33.6 Å². The maximum Gasteiger partial charge on any atom is 0.188 e. The fraction of sp³-hybridized carbons (Fsp3) is 0.750. The molecule has 0 aromatic carbocycles. The summed E-state index contributed by atoms with van der Waals surface area (Å²) in [6.07, 6.45) is 7.53.